The third-order valence-electron chi connectivity index (χ3n) is 4.50. The zero-order valence-electron chi connectivity index (χ0n) is 13.4. The summed E-state index contributed by atoms with van der Waals surface area (Å²) >= 11 is 0. The Kier molecular flexibility index (Phi) is 7.32. The maximum absolute atomic E-state index is 6.05. The first-order chi connectivity index (χ1) is 9.74. The minimum Gasteiger partial charge on any atom is -0.378 e. The molecule has 0 aromatic carbocycles. The fraction of sp³-hybridized carbons (Fsp3) is 1.00. The van der Waals surface area contributed by atoms with Gasteiger partial charge >= 0.3 is 0 Å². The predicted molar refractivity (Wildman–Crippen MR) is 83.0 cm³/mol. The molecule has 0 radical (unpaired) electrons. The van der Waals surface area contributed by atoms with E-state index in [9.17, 15) is 0 Å². The summed E-state index contributed by atoms with van der Waals surface area (Å²) in [6.07, 6.45) is 10.0. The van der Waals surface area contributed by atoms with Crippen LogP contribution < -0.4 is 5.32 Å². The third-order valence-corrected chi connectivity index (χ3v) is 4.50. The monoisotopic (exact) mass is 283 g/mol. The highest BCUT2D eigenvalue weighted by atomic mass is 16.5. The van der Waals surface area contributed by atoms with E-state index in [1.807, 2.05) is 0 Å². The lowest BCUT2D eigenvalue weighted by Crippen LogP contribution is -2.30. The van der Waals surface area contributed by atoms with Gasteiger partial charge in [-0.1, -0.05) is 33.1 Å². The van der Waals surface area contributed by atoms with Crippen molar-refractivity contribution in [3.05, 3.63) is 0 Å². The Morgan fingerprint density at radius 1 is 1.00 bits per heavy atom. The Bertz CT molecular complexity index is 251. The van der Waals surface area contributed by atoms with Crippen molar-refractivity contribution in [3.8, 4) is 0 Å². The van der Waals surface area contributed by atoms with Gasteiger partial charge in [0.2, 0.25) is 0 Å². The Morgan fingerprint density at radius 3 is 2.50 bits per heavy atom. The van der Waals surface area contributed by atoms with Crippen molar-refractivity contribution < 1.29 is 9.47 Å². The summed E-state index contributed by atoms with van der Waals surface area (Å²) in [6, 6.07) is 0. The maximum atomic E-state index is 6.05. The van der Waals surface area contributed by atoms with Crippen LogP contribution in [0.25, 0.3) is 0 Å². The van der Waals surface area contributed by atoms with Gasteiger partial charge in [0.1, 0.15) is 0 Å². The van der Waals surface area contributed by atoms with Crippen LogP contribution in [0.4, 0.5) is 0 Å². The SMILES string of the molecule is CC(C)CNCC1CCC(COCC2CCCCC2)O1. The van der Waals surface area contributed by atoms with Gasteiger partial charge in [-0.2, -0.15) is 0 Å². The second kappa shape index (κ2) is 9.01. The van der Waals surface area contributed by atoms with E-state index in [1.54, 1.807) is 0 Å². The van der Waals surface area contributed by atoms with Crippen molar-refractivity contribution >= 4 is 0 Å². The Balaban J connectivity index is 1.50. The summed E-state index contributed by atoms with van der Waals surface area (Å²) in [4.78, 5) is 0. The lowest BCUT2D eigenvalue weighted by atomic mass is 9.90. The number of rotatable bonds is 8. The summed E-state index contributed by atoms with van der Waals surface area (Å²) in [7, 11) is 0. The van der Waals surface area contributed by atoms with E-state index in [-0.39, 0.29) is 0 Å². The lowest BCUT2D eigenvalue weighted by molar-refractivity contribution is -0.0247. The van der Waals surface area contributed by atoms with E-state index in [4.69, 9.17) is 9.47 Å². The maximum Gasteiger partial charge on any atom is 0.0813 e. The normalized spacial score (nSPS) is 28.4. The number of nitrogens with one attached hydrogen (secondary N) is 1. The summed E-state index contributed by atoms with van der Waals surface area (Å²) < 4.78 is 11.9. The molecule has 2 rings (SSSR count). The van der Waals surface area contributed by atoms with E-state index >= 15 is 0 Å². The topological polar surface area (TPSA) is 30.5 Å². The minimum absolute atomic E-state index is 0.337. The lowest BCUT2D eigenvalue weighted by Gasteiger charge is -2.22. The van der Waals surface area contributed by atoms with Gasteiger partial charge in [0.15, 0.2) is 0 Å². The van der Waals surface area contributed by atoms with Crippen LogP contribution in [0.3, 0.4) is 0 Å². The zero-order valence-corrected chi connectivity index (χ0v) is 13.4. The smallest absolute Gasteiger partial charge is 0.0813 e. The van der Waals surface area contributed by atoms with Crippen molar-refractivity contribution in [2.75, 3.05) is 26.3 Å². The van der Waals surface area contributed by atoms with Gasteiger partial charge in [0.25, 0.3) is 0 Å². The molecule has 0 aromatic heterocycles. The molecule has 3 heteroatoms. The second-order valence-electron chi connectivity index (χ2n) is 7.05. The van der Waals surface area contributed by atoms with E-state index in [0.29, 0.717) is 18.1 Å². The highest BCUT2D eigenvalue weighted by Crippen LogP contribution is 2.24. The van der Waals surface area contributed by atoms with Gasteiger partial charge in [-0.05, 0) is 44.1 Å². The van der Waals surface area contributed by atoms with Crippen LogP contribution in [0.5, 0.6) is 0 Å². The van der Waals surface area contributed by atoms with Crippen LogP contribution in [-0.2, 0) is 9.47 Å². The Hall–Kier alpha value is -0.120. The average Bonchev–Trinajstić information content (AvgIpc) is 2.87. The molecular formula is C17H33NO2. The molecule has 0 aromatic rings. The molecule has 1 heterocycles. The molecule has 2 atom stereocenters. The van der Waals surface area contributed by atoms with Crippen molar-refractivity contribution in [3.63, 3.8) is 0 Å². The van der Waals surface area contributed by atoms with Gasteiger partial charge < -0.3 is 14.8 Å². The van der Waals surface area contributed by atoms with Crippen LogP contribution in [0.2, 0.25) is 0 Å². The number of hydrogen-bond acceptors (Lipinski definition) is 3. The predicted octanol–water partition coefficient (Wildman–Crippen LogP) is 3.38. The first-order valence-corrected chi connectivity index (χ1v) is 8.68. The molecule has 1 saturated heterocycles. The molecule has 0 spiro atoms. The van der Waals surface area contributed by atoms with E-state index in [2.05, 4.69) is 19.2 Å². The summed E-state index contributed by atoms with van der Waals surface area (Å²) in [6.45, 7) is 8.32. The standard InChI is InChI=1S/C17H33NO2/c1-14(2)10-18-11-16-8-9-17(20-16)13-19-12-15-6-4-3-5-7-15/h14-18H,3-13H2,1-2H3. The molecule has 2 unspecified atom stereocenters. The quantitative estimate of drug-likeness (QED) is 0.741. The molecule has 0 bridgehead atoms. The van der Waals surface area contributed by atoms with Crippen LogP contribution >= 0.6 is 0 Å². The Morgan fingerprint density at radius 2 is 1.75 bits per heavy atom. The van der Waals surface area contributed by atoms with Crippen molar-refractivity contribution in [2.24, 2.45) is 11.8 Å². The summed E-state index contributed by atoms with van der Waals surface area (Å²) in [5.41, 5.74) is 0. The average molecular weight is 283 g/mol. The molecule has 1 aliphatic heterocycles. The van der Waals surface area contributed by atoms with Crippen LogP contribution in [0.15, 0.2) is 0 Å². The van der Waals surface area contributed by atoms with Crippen molar-refractivity contribution in [1.29, 1.82) is 0 Å². The molecule has 0 amide bonds. The fourth-order valence-corrected chi connectivity index (χ4v) is 3.31. The minimum atomic E-state index is 0.337. The first-order valence-electron chi connectivity index (χ1n) is 8.68. The molecule has 1 N–H and O–H groups in total. The van der Waals surface area contributed by atoms with Gasteiger partial charge in [-0.25, -0.2) is 0 Å². The molecule has 118 valence electrons. The molecule has 20 heavy (non-hydrogen) atoms. The van der Waals surface area contributed by atoms with Gasteiger partial charge in [0.05, 0.1) is 18.8 Å². The van der Waals surface area contributed by atoms with Crippen molar-refractivity contribution in [2.45, 2.75) is 71.0 Å². The van der Waals surface area contributed by atoms with Crippen LogP contribution in [0, 0.1) is 11.8 Å². The highest BCUT2D eigenvalue weighted by Gasteiger charge is 2.25. The number of hydrogen-bond donors (Lipinski definition) is 1. The Labute approximate surface area is 124 Å². The zero-order chi connectivity index (χ0) is 14.2. The fourth-order valence-electron chi connectivity index (χ4n) is 3.31. The van der Waals surface area contributed by atoms with E-state index in [0.717, 1.165) is 32.2 Å². The number of ether oxygens (including phenoxy) is 2. The molecule has 1 aliphatic carbocycles. The van der Waals surface area contributed by atoms with Gasteiger partial charge in [-0.15, -0.1) is 0 Å². The molecular weight excluding hydrogens is 250 g/mol. The molecule has 1 saturated carbocycles. The summed E-state index contributed by atoms with van der Waals surface area (Å²) in [5.74, 6) is 1.53. The van der Waals surface area contributed by atoms with Gasteiger partial charge in [0, 0.05) is 13.2 Å². The van der Waals surface area contributed by atoms with Crippen LogP contribution in [-0.4, -0.2) is 38.5 Å². The van der Waals surface area contributed by atoms with Gasteiger partial charge in [-0.3, -0.25) is 0 Å². The molecule has 3 nitrogen and oxygen atoms in total. The second-order valence-corrected chi connectivity index (χ2v) is 7.05. The highest BCUT2D eigenvalue weighted by molar-refractivity contribution is 4.75. The summed E-state index contributed by atoms with van der Waals surface area (Å²) in [5, 5.41) is 3.49. The largest absolute Gasteiger partial charge is 0.378 e. The third kappa shape index (κ3) is 6.11. The van der Waals surface area contributed by atoms with Crippen molar-refractivity contribution in [1.82, 2.24) is 5.32 Å². The van der Waals surface area contributed by atoms with E-state index in [1.165, 1.54) is 44.9 Å². The first kappa shape index (κ1) is 16.3. The molecule has 2 fully saturated rings. The van der Waals surface area contributed by atoms with Crippen LogP contribution in [0.1, 0.15) is 58.8 Å². The van der Waals surface area contributed by atoms with E-state index < -0.39 is 0 Å². The molecule has 2 aliphatic rings.